The fourth-order valence-corrected chi connectivity index (χ4v) is 4.76. The summed E-state index contributed by atoms with van der Waals surface area (Å²) in [5.41, 5.74) is 1.91. The summed E-state index contributed by atoms with van der Waals surface area (Å²) in [5.74, 6) is 0.662. The van der Waals surface area contributed by atoms with Crippen molar-refractivity contribution >= 4 is 54.2 Å². The molecule has 0 unspecified atom stereocenters. The number of hydrogen-bond donors (Lipinski definition) is 3. The zero-order valence-electron chi connectivity index (χ0n) is 17.5. The molecule has 4 aromatic rings. The van der Waals surface area contributed by atoms with E-state index in [-0.39, 0.29) is 10.8 Å². The third kappa shape index (κ3) is 4.16. The largest absolute Gasteiger partial charge is 0.353 e. The molecule has 3 heterocycles. The van der Waals surface area contributed by atoms with Crippen LogP contribution in [0.15, 0.2) is 51.8 Å². The van der Waals surface area contributed by atoms with Gasteiger partial charge in [-0.3, -0.25) is 4.79 Å². The van der Waals surface area contributed by atoms with Crippen molar-refractivity contribution in [3.05, 3.63) is 46.9 Å². The Morgan fingerprint density at radius 3 is 2.67 bits per heavy atom. The molecule has 2 aromatic heterocycles. The fourth-order valence-electron chi connectivity index (χ4n) is 3.67. The van der Waals surface area contributed by atoms with Crippen molar-refractivity contribution in [1.82, 2.24) is 30.2 Å². The first kappa shape index (κ1) is 21.7. The van der Waals surface area contributed by atoms with Gasteiger partial charge in [0.2, 0.25) is 11.9 Å². The topological polar surface area (TPSA) is 130 Å². The van der Waals surface area contributed by atoms with Crippen LogP contribution in [0.25, 0.3) is 27.9 Å². The maximum absolute atomic E-state index is 12.5. The van der Waals surface area contributed by atoms with Gasteiger partial charge >= 0.3 is 0 Å². The molecular weight excluding hydrogens is 510 g/mol. The third-order valence-corrected chi connectivity index (χ3v) is 7.13. The monoisotopic (exact) mass is 529 g/mol. The highest BCUT2D eigenvalue weighted by atomic mass is 79.9. The summed E-state index contributed by atoms with van der Waals surface area (Å²) in [6, 6.07) is 11.5. The molecule has 12 heteroatoms. The predicted molar refractivity (Wildman–Crippen MR) is 128 cm³/mol. The van der Waals surface area contributed by atoms with Gasteiger partial charge in [0.1, 0.15) is 6.04 Å². The SMILES string of the molecule is CS(=O)(=O)c1ccc(-c2nc3c4cccc(Br)c4nc(N[C@@H]4CNCCNC4=O)n3n2)cc1. The van der Waals surface area contributed by atoms with Gasteiger partial charge < -0.3 is 16.0 Å². The Balaban J connectivity index is 1.65. The lowest BCUT2D eigenvalue weighted by Gasteiger charge is -2.17. The van der Waals surface area contributed by atoms with E-state index in [9.17, 15) is 13.2 Å². The number of anilines is 1. The van der Waals surface area contributed by atoms with E-state index in [1.54, 1.807) is 16.6 Å². The molecule has 1 aliphatic heterocycles. The molecule has 170 valence electrons. The zero-order chi connectivity index (χ0) is 23.2. The van der Waals surface area contributed by atoms with Gasteiger partial charge in [0.25, 0.3) is 0 Å². The molecule has 1 aliphatic rings. The summed E-state index contributed by atoms with van der Waals surface area (Å²) < 4.78 is 25.9. The Labute approximate surface area is 197 Å². The Morgan fingerprint density at radius 2 is 1.91 bits per heavy atom. The Morgan fingerprint density at radius 1 is 1.12 bits per heavy atom. The van der Waals surface area contributed by atoms with Gasteiger partial charge in [-0.2, -0.15) is 4.52 Å². The van der Waals surface area contributed by atoms with Gasteiger partial charge in [-0.1, -0.05) is 6.07 Å². The van der Waals surface area contributed by atoms with Crippen molar-refractivity contribution in [3.63, 3.8) is 0 Å². The van der Waals surface area contributed by atoms with E-state index < -0.39 is 15.9 Å². The first-order valence-electron chi connectivity index (χ1n) is 10.2. The van der Waals surface area contributed by atoms with E-state index in [0.717, 1.165) is 16.1 Å². The molecule has 10 nitrogen and oxygen atoms in total. The van der Waals surface area contributed by atoms with Crippen LogP contribution in [0.3, 0.4) is 0 Å². The van der Waals surface area contributed by atoms with Crippen LogP contribution in [0.5, 0.6) is 0 Å². The van der Waals surface area contributed by atoms with Gasteiger partial charge in [0, 0.05) is 41.3 Å². The predicted octanol–water partition coefficient (Wildman–Crippen LogP) is 1.61. The molecule has 0 bridgehead atoms. The lowest BCUT2D eigenvalue weighted by atomic mass is 10.2. The number of rotatable bonds is 4. The molecule has 1 amide bonds. The minimum Gasteiger partial charge on any atom is -0.353 e. The van der Waals surface area contributed by atoms with Crippen LogP contribution in [0.2, 0.25) is 0 Å². The molecule has 3 N–H and O–H groups in total. The quantitative estimate of drug-likeness (QED) is 0.363. The molecule has 0 aliphatic carbocycles. The zero-order valence-corrected chi connectivity index (χ0v) is 19.9. The van der Waals surface area contributed by atoms with Gasteiger partial charge in [0.15, 0.2) is 21.3 Å². The second-order valence-electron chi connectivity index (χ2n) is 7.73. The van der Waals surface area contributed by atoms with Gasteiger partial charge in [-0.25, -0.2) is 18.4 Å². The van der Waals surface area contributed by atoms with E-state index in [1.165, 1.54) is 12.1 Å². The summed E-state index contributed by atoms with van der Waals surface area (Å²) in [5, 5.41) is 14.7. The van der Waals surface area contributed by atoms with Crippen molar-refractivity contribution < 1.29 is 13.2 Å². The second-order valence-corrected chi connectivity index (χ2v) is 10.6. The lowest BCUT2D eigenvalue weighted by molar-refractivity contribution is -0.121. The highest BCUT2D eigenvalue weighted by Crippen LogP contribution is 2.29. The maximum atomic E-state index is 12.5. The summed E-state index contributed by atoms with van der Waals surface area (Å²) >= 11 is 3.55. The number of nitrogens with one attached hydrogen (secondary N) is 3. The van der Waals surface area contributed by atoms with E-state index >= 15 is 0 Å². The van der Waals surface area contributed by atoms with Gasteiger partial charge in [-0.05, 0) is 52.3 Å². The first-order valence-corrected chi connectivity index (χ1v) is 12.9. The first-order chi connectivity index (χ1) is 15.8. The number of benzene rings is 2. The van der Waals surface area contributed by atoms with Crippen molar-refractivity contribution in [1.29, 1.82) is 0 Å². The average Bonchev–Trinajstić information content (AvgIpc) is 3.14. The average molecular weight is 530 g/mol. The molecule has 5 rings (SSSR count). The minimum atomic E-state index is -3.31. The smallest absolute Gasteiger partial charge is 0.243 e. The summed E-state index contributed by atoms with van der Waals surface area (Å²) in [6.07, 6.45) is 1.16. The van der Waals surface area contributed by atoms with Crippen LogP contribution in [0.4, 0.5) is 5.95 Å². The van der Waals surface area contributed by atoms with Crippen molar-refractivity contribution in [3.8, 4) is 11.4 Å². The number of nitrogens with zero attached hydrogens (tertiary/aromatic N) is 4. The summed E-state index contributed by atoms with van der Waals surface area (Å²) in [4.78, 5) is 22.2. The number of para-hydroxylation sites is 1. The molecule has 1 fully saturated rings. The minimum absolute atomic E-state index is 0.126. The number of aromatic nitrogens is 4. The van der Waals surface area contributed by atoms with Gasteiger partial charge in [0.05, 0.1) is 10.4 Å². The maximum Gasteiger partial charge on any atom is 0.243 e. The van der Waals surface area contributed by atoms with E-state index in [1.807, 2.05) is 18.2 Å². The van der Waals surface area contributed by atoms with Crippen LogP contribution >= 0.6 is 15.9 Å². The van der Waals surface area contributed by atoms with Crippen LogP contribution in [-0.2, 0) is 14.6 Å². The highest BCUT2D eigenvalue weighted by molar-refractivity contribution is 9.10. The van der Waals surface area contributed by atoms with Crippen molar-refractivity contribution in [2.75, 3.05) is 31.2 Å². The summed E-state index contributed by atoms with van der Waals surface area (Å²) in [6.45, 7) is 1.69. The fraction of sp³-hybridized carbons (Fsp3) is 0.238. The standard InChI is InChI=1S/C21H20BrN7O3S/c1-33(31,32)13-7-5-12(6-8-13)18-27-19-14-3-2-4-15(22)17(14)26-21(29(19)28-18)25-16-11-23-9-10-24-20(16)30/h2-8,16,23H,9-11H2,1H3,(H,24,30)(H,25,26)/t16-/m1/s1. The van der Waals surface area contributed by atoms with E-state index in [0.29, 0.717) is 48.1 Å². The third-order valence-electron chi connectivity index (χ3n) is 5.36. The Hall–Kier alpha value is -3.09. The number of sulfone groups is 1. The number of carbonyl (C=O) groups is 1. The van der Waals surface area contributed by atoms with Crippen molar-refractivity contribution in [2.45, 2.75) is 10.9 Å². The van der Waals surface area contributed by atoms with Crippen molar-refractivity contribution in [2.24, 2.45) is 0 Å². The summed E-state index contributed by atoms with van der Waals surface area (Å²) in [7, 11) is -3.31. The number of hydrogen-bond acceptors (Lipinski definition) is 8. The second kappa shape index (κ2) is 8.36. The van der Waals surface area contributed by atoms with Crippen LogP contribution in [0.1, 0.15) is 0 Å². The number of carbonyl (C=O) groups excluding carboxylic acids is 1. The molecule has 1 saturated heterocycles. The molecule has 33 heavy (non-hydrogen) atoms. The molecule has 0 radical (unpaired) electrons. The molecule has 1 atom stereocenters. The normalized spacial score (nSPS) is 17.2. The Kier molecular flexibility index (Phi) is 5.51. The van der Waals surface area contributed by atoms with Gasteiger partial charge in [-0.15, -0.1) is 5.10 Å². The number of amides is 1. The molecule has 2 aromatic carbocycles. The van der Waals surface area contributed by atoms with Crippen LogP contribution in [-0.4, -0.2) is 65.8 Å². The van der Waals surface area contributed by atoms with Crippen LogP contribution < -0.4 is 16.0 Å². The molecular formula is C21H20BrN7O3S. The van der Waals surface area contributed by atoms with E-state index in [2.05, 4.69) is 37.0 Å². The number of halogens is 1. The lowest BCUT2D eigenvalue weighted by Crippen LogP contribution is -2.42. The highest BCUT2D eigenvalue weighted by Gasteiger charge is 2.24. The molecule has 0 spiro atoms. The van der Waals surface area contributed by atoms with E-state index in [4.69, 9.17) is 9.97 Å². The Bertz CT molecular complexity index is 1490. The van der Waals surface area contributed by atoms with Crippen LogP contribution in [0, 0.1) is 0 Å². The molecule has 0 saturated carbocycles. The number of fused-ring (bicyclic) bond motifs is 3.